The minimum atomic E-state index is -4.93. The Bertz CT molecular complexity index is 787. The van der Waals surface area contributed by atoms with Crippen LogP contribution in [0.25, 0.3) is 0 Å². The quantitative estimate of drug-likeness (QED) is 0.510. The number of hydrogen-bond donors (Lipinski definition) is 2. The number of aromatic nitrogens is 3. The second kappa shape index (κ2) is 6.03. The van der Waals surface area contributed by atoms with Crippen molar-refractivity contribution in [2.75, 3.05) is 4.72 Å². The second-order valence-corrected chi connectivity index (χ2v) is 6.34. The molecule has 0 radical (unpaired) electrons. The maximum atomic E-state index is 11.9. The zero-order valence-corrected chi connectivity index (χ0v) is 12.6. The summed E-state index contributed by atoms with van der Waals surface area (Å²) in [6, 6.07) is 7.20. The zero-order valence-electron chi connectivity index (χ0n) is 9.44. The third kappa shape index (κ3) is 3.65. The molecule has 0 aliphatic heterocycles. The van der Waals surface area contributed by atoms with E-state index >= 15 is 0 Å². The van der Waals surface area contributed by atoms with Gasteiger partial charge in [-0.3, -0.25) is 4.72 Å². The summed E-state index contributed by atoms with van der Waals surface area (Å²) in [5, 5.41) is 7.12. The standard InChI is InChI=1S/C8H8N4O5S2.Ag/c13-18(14,6-4-2-1-3-5-6)11-7-8(10-12-9-7)19(15,16)17;/h1-5H,(H,15,16,17)(H2,9,10,11,12);/q;+1/p-1. The summed E-state index contributed by atoms with van der Waals surface area (Å²) in [7, 11) is -8.96. The second-order valence-electron chi connectivity index (χ2n) is 3.36. The number of nitrogens with zero attached hydrogens (tertiary/aromatic N) is 2. The predicted molar refractivity (Wildman–Crippen MR) is 61.6 cm³/mol. The molecule has 0 bridgehead atoms. The third-order valence-electron chi connectivity index (χ3n) is 2.04. The first-order valence-corrected chi connectivity index (χ1v) is 7.65. The summed E-state index contributed by atoms with van der Waals surface area (Å²) in [5.74, 6) is -0.598. The molecule has 20 heavy (non-hydrogen) atoms. The van der Waals surface area contributed by atoms with Crippen molar-refractivity contribution >= 4 is 26.0 Å². The van der Waals surface area contributed by atoms with Crippen LogP contribution in [0.1, 0.15) is 0 Å². The normalized spacial score (nSPS) is 11.7. The Morgan fingerprint density at radius 2 is 1.70 bits per heavy atom. The Morgan fingerprint density at radius 3 is 2.25 bits per heavy atom. The van der Waals surface area contributed by atoms with Gasteiger partial charge in [-0.25, -0.2) is 21.9 Å². The van der Waals surface area contributed by atoms with Crippen LogP contribution in [0, 0.1) is 0 Å². The van der Waals surface area contributed by atoms with Gasteiger partial charge in [-0.15, -0.1) is 5.10 Å². The van der Waals surface area contributed by atoms with Crippen LogP contribution in [0.5, 0.6) is 0 Å². The van der Waals surface area contributed by atoms with Crippen LogP contribution in [0.15, 0.2) is 40.3 Å². The Morgan fingerprint density at radius 1 is 1.10 bits per heavy atom. The molecule has 2 N–H and O–H groups in total. The zero-order chi connectivity index (χ0) is 14.1. The number of H-pyrrole nitrogens is 1. The van der Waals surface area contributed by atoms with Gasteiger partial charge < -0.3 is 4.55 Å². The van der Waals surface area contributed by atoms with E-state index in [1.807, 2.05) is 9.82 Å². The number of sulfonamides is 1. The van der Waals surface area contributed by atoms with Crippen molar-refractivity contribution in [3.63, 3.8) is 0 Å². The number of benzene rings is 1. The first-order valence-electron chi connectivity index (χ1n) is 4.75. The molecule has 1 aromatic carbocycles. The number of nitrogens with one attached hydrogen (secondary N) is 2. The van der Waals surface area contributed by atoms with Crippen molar-refractivity contribution in [2.45, 2.75) is 9.92 Å². The fraction of sp³-hybridized carbons (Fsp3) is 0. The third-order valence-corrected chi connectivity index (χ3v) is 4.17. The first kappa shape index (κ1) is 16.8. The smallest absolute Gasteiger partial charge is 0.743 e. The van der Waals surface area contributed by atoms with Gasteiger partial charge >= 0.3 is 22.4 Å². The van der Waals surface area contributed by atoms with E-state index in [9.17, 15) is 21.4 Å². The molecule has 0 fully saturated rings. The Kier molecular flexibility index (Phi) is 5.07. The summed E-state index contributed by atoms with van der Waals surface area (Å²) in [5.41, 5.74) is 0. The summed E-state index contributed by atoms with van der Waals surface area (Å²) in [4.78, 5) is -0.0983. The van der Waals surface area contributed by atoms with Gasteiger partial charge in [-0.2, -0.15) is 0 Å². The van der Waals surface area contributed by atoms with Gasteiger partial charge in [-0.1, -0.05) is 23.4 Å². The van der Waals surface area contributed by atoms with Gasteiger partial charge in [0.2, 0.25) is 5.03 Å². The molecule has 0 atom stereocenters. The van der Waals surface area contributed by atoms with Crippen molar-refractivity contribution in [1.29, 1.82) is 0 Å². The van der Waals surface area contributed by atoms with Gasteiger partial charge in [-0.05, 0) is 12.1 Å². The van der Waals surface area contributed by atoms with Crippen molar-refractivity contribution < 1.29 is 43.8 Å². The van der Waals surface area contributed by atoms with E-state index in [2.05, 4.69) is 10.3 Å². The van der Waals surface area contributed by atoms with Crippen LogP contribution in [0.3, 0.4) is 0 Å². The van der Waals surface area contributed by atoms with E-state index in [1.54, 1.807) is 6.07 Å². The summed E-state index contributed by atoms with van der Waals surface area (Å²) < 4.78 is 58.2. The van der Waals surface area contributed by atoms with E-state index < -0.39 is 31.0 Å². The topological polar surface area (TPSA) is 145 Å². The van der Waals surface area contributed by atoms with Crippen LogP contribution in [0.4, 0.5) is 5.82 Å². The molecule has 12 heteroatoms. The van der Waals surface area contributed by atoms with Gasteiger partial charge in [0.25, 0.3) is 10.0 Å². The average molecular weight is 411 g/mol. The van der Waals surface area contributed by atoms with Crippen LogP contribution in [-0.4, -0.2) is 36.8 Å². The average Bonchev–Trinajstić information content (AvgIpc) is 2.77. The maximum absolute atomic E-state index is 11.9. The van der Waals surface area contributed by atoms with E-state index in [0.717, 1.165) is 0 Å². The summed E-state index contributed by atoms with van der Waals surface area (Å²) in [6.45, 7) is 0. The molecule has 112 valence electrons. The molecule has 2 rings (SSSR count). The van der Waals surface area contributed by atoms with E-state index in [-0.39, 0.29) is 27.3 Å². The van der Waals surface area contributed by atoms with Gasteiger partial charge in [0.1, 0.15) is 10.1 Å². The number of hydrogen-bond acceptors (Lipinski definition) is 7. The summed E-state index contributed by atoms with van der Waals surface area (Å²) >= 11 is 0. The predicted octanol–water partition coefficient (Wildman–Crippen LogP) is -0.493. The number of aromatic amines is 1. The van der Waals surface area contributed by atoms with Crippen LogP contribution >= 0.6 is 0 Å². The fourth-order valence-corrected chi connectivity index (χ4v) is 2.85. The molecule has 0 spiro atoms. The van der Waals surface area contributed by atoms with Crippen molar-refractivity contribution in [2.24, 2.45) is 0 Å². The molecule has 0 aliphatic carbocycles. The van der Waals surface area contributed by atoms with Gasteiger partial charge in [0, 0.05) is 0 Å². The van der Waals surface area contributed by atoms with Crippen LogP contribution in [0.2, 0.25) is 0 Å². The Balaban J connectivity index is 0.00000200. The van der Waals surface area contributed by atoms with Gasteiger partial charge in [0.05, 0.1) is 4.90 Å². The molecule has 1 aromatic heterocycles. The molecule has 9 nitrogen and oxygen atoms in total. The molecule has 0 saturated carbocycles. The molecule has 1 heterocycles. The fourth-order valence-electron chi connectivity index (χ4n) is 1.25. The van der Waals surface area contributed by atoms with Crippen molar-refractivity contribution in [3.8, 4) is 0 Å². The molecule has 0 amide bonds. The van der Waals surface area contributed by atoms with E-state index in [4.69, 9.17) is 0 Å². The Labute approximate surface area is 130 Å². The number of anilines is 1. The monoisotopic (exact) mass is 410 g/mol. The largest absolute Gasteiger partial charge is 1.00 e. The molecule has 0 saturated heterocycles. The minimum Gasteiger partial charge on any atom is -0.743 e. The Hall–Kier alpha value is -1.24. The number of rotatable bonds is 4. The minimum absolute atomic E-state index is 0. The first-order chi connectivity index (χ1) is 8.81. The molecule has 2 aromatic rings. The summed E-state index contributed by atoms with van der Waals surface area (Å²) in [6.07, 6.45) is 0. The van der Waals surface area contributed by atoms with Crippen molar-refractivity contribution in [1.82, 2.24) is 15.4 Å². The molecular formula is C8H7AgN4O5S2. The van der Waals surface area contributed by atoms with Gasteiger partial charge in [0.15, 0.2) is 5.82 Å². The van der Waals surface area contributed by atoms with E-state index in [0.29, 0.717) is 0 Å². The molecule has 0 unspecified atom stereocenters. The molecule has 0 aliphatic rings. The SMILES string of the molecule is O=S(=O)([O-])c1nn[nH]c1NS(=O)(=O)c1ccccc1.[Ag+]. The van der Waals surface area contributed by atoms with E-state index in [1.165, 1.54) is 24.3 Å². The van der Waals surface area contributed by atoms with Crippen LogP contribution < -0.4 is 4.72 Å². The maximum Gasteiger partial charge on any atom is 1.00 e. The van der Waals surface area contributed by atoms with Crippen LogP contribution in [-0.2, 0) is 42.5 Å². The molecular weight excluding hydrogens is 404 g/mol. The van der Waals surface area contributed by atoms with Crippen molar-refractivity contribution in [3.05, 3.63) is 30.3 Å².